The van der Waals surface area contributed by atoms with Crippen LogP contribution in [0.4, 0.5) is 8.78 Å². The van der Waals surface area contributed by atoms with Gasteiger partial charge in [0.15, 0.2) is 0 Å². The van der Waals surface area contributed by atoms with Crippen molar-refractivity contribution in [2.75, 3.05) is 19.7 Å². The molecule has 2 aliphatic heterocycles. The number of carbonyl (C=O) groups is 2. The van der Waals surface area contributed by atoms with Crippen LogP contribution in [0.2, 0.25) is 0 Å². The Morgan fingerprint density at radius 1 is 1.09 bits per heavy atom. The normalized spacial score (nSPS) is 21.1. The van der Waals surface area contributed by atoms with E-state index in [0.717, 1.165) is 12.8 Å². The monoisotopic (exact) mass is 455 g/mol. The summed E-state index contributed by atoms with van der Waals surface area (Å²) in [5.74, 6) is -1.44. The quantitative estimate of drug-likeness (QED) is 0.617. The van der Waals surface area contributed by atoms with Gasteiger partial charge < -0.3 is 4.74 Å². The zero-order valence-electron chi connectivity index (χ0n) is 18.5. The molecule has 1 amide bonds. The average Bonchev–Trinajstić information content (AvgIpc) is 3.26. The van der Waals surface area contributed by atoms with Crippen LogP contribution in [0.25, 0.3) is 0 Å². The summed E-state index contributed by atoms with van der Waals surface area (Å²) in [5.41, 5.74) is 1.62. The number of benzene rings is 2. The maximum Gasteiger partial charge on any atom is 0.323 e. The van der Waals surface area contributed by atoms with Gasteiger partial charge in [-0.1, -0.05) is 36.8 Å². The first-order chi connectivity index (χ1) is 16.0. The lowest BCUT2D eigenvalue weighted by molar-refractivity contribution is -0.152. The summed E-state index contributed by atoms with van der Waals surface area (Å²) in [6.45, 7) is 2.62. The molecule has 0 saturated carbocycles. The molecule has 8 heteroatoms. The summed E-state index contributed by atoms with van der Waals surface area (Å²) >= 11 is 0. The molecule has 1 saturated heterocycles. The van der Waals surface area contributed by atoms with Crippen LogP contribution in [-0.4, -0.2) is 53.2 Å². The number of hydrazone groups is 1. The lowest BCUT2D eigenvalue weighted by atomic mass is 9.98. The van der Waals surface area contributed by atoms with Gasteiger partial charge in [0, 0.05) is 12.0 Å². The molecular formula is C25H27F2N3O3. The molecule has 0 bridgehead atoms. The van der Waals surface area contributed by atoms with E-state index in [1.165, 1.54) is 23.2 Å². The van der Waals surface area contributed by atoms with Crippen molar-refractivity contribution in [3.63, 3.8) is 0 Å². The fraction of sp³-hybridized carbons (Fsp3) is 0.400. The number of likely N-dealkylation sites (tertiary alicyclic amines) is 1. The lowest BCUT2D eigenvalue weighted by Crippen LogP contribution is -2.49. The van der Waals surface area contributed by atoms with E-state index in [1.54, 1.807) is 37.3 Å². The van der Waals surface area contributed by atoms with E-state index in [4.69, 9.17) is 4.74 Å². The minimum Gasteiger partial charge on any atom is -0.465 e. The van der Waals surface area contributed by atoms with E-state index in [9.17, 15) is 18.4 Å². The molecule has 0 radical (unpaired) electrons. The van der Waals surface area contributed by atoms with Gasteiger partial charge in [-0.25, -0.2) is 13.8 Å². The minimum absolute atomic E-state index is 0.0192. The number of rotatable bonds is 6. The molecule has 0 unspecified atom stereocenters. The first-order valence-corrected chi connectivity index (χ1v) is 11.3. The third-order valence-corrected chi connectivity index (χ3v) is 6.12. The zero-order valence-corrected chi connectivity index (χ0v) is 18.5. The van der Waals surface area contributed by atoms with Crippen LogP contribution in [0.3, 0.4) is 0 Å². The maximum atomic E-state index is 14.7. The fourth-order valence-electron chi connectivity index (χ4n) is 4.48. The minimum atomic E-state index is -0.621. The number of nitrogens with zero attached hydrogens (tertiary/aromatic N) is 3. The Labute approximate surface area is 191 Å². The van der Waals surface area contributed by atoms with Gasteiger partial charge in [-0.2, -0.15) is 5.10 Å². The molecule has 174 valence electrons. The van der Waals surface area contributed by atoms with Crippen molar-refractivity contribution in [1.29, 1.82) is 0 Å². The fourth-order valence-corrected chi connectivity index (χ4v) is 4.48. The average molecular weight is 456 g/mol. The van der Waals surface area contributed by atoms with Crippen molar-refractivity contribution in [3.8, 4) is 0 Å². The van der Waals surface area contributed by atoms with Crippen LogP contribution in [0, 0.1) is 11.6 Å². The number of hydrogen-bond acceptors (Lipinski definition) is 5. The molecular weight excluding hydrogens is 428 g/mol. The number of carbonyl (C=O) groups excluding carboxylic acids is 2. The Kier molecular flexibility index (Phi) is 7.13. The summed E-state index contributed by atoms with van der Waals surface area (Å²) in [4.78, 5) is 27.6. The Balaban J connectivity index is 1.60. The van der Waals surface area contributed by atoms with Crippen LogP contribution in [0.5, 0.6) is 0 Å². The highest BCUT2D eigenvalue weighted by Gasteiger charge is 2.37. The Bertz CT molecular complexity index is 1040. The molecule has 33 heavy (non-hydrogen) atoms. The van der Waals surface area contributed by atoms with Crippen LogP contribution >= 0.6 is 0 Å². The van der Waals surface area contributed by atoms with Gasteiger partial charge in [0.1, 0.15) is 17.7 Å². The molecule has 2 atom stereocenters. The van der Waals surface area contributed by atoms with E-state index in [2.05, 4.69) is 5.10 Å². The van der Waals surface area contributed by atoms with Gasteiger partial charge in [-0.15, -0.1) is 0 Å². The molecule has 0 aliphatic carbocycles. The number of amides is 1. The molecule has 2 aromatic rings. The van der Waals surface area contributed by atoms with Gasteiger partial charge in [0.05, 0.1) is 24.9 Å². The van der Waals surface area contributed by atoms with Crippen LogP contribution in [0.15, 0.2) is 53.6 Å². The van der Waals surface area contributed by atoms with Gasteiger partial charge in [-0.3, -0.25) is 14.5 Å². The standard InChI is InChI=1S/C25H27F2N3O3/c1-2-33-25(32)22-9-5-6-14-29(22)16-24(31)30-23(19-7-3-4-8-20(19)27)15-21(28-30)17-10-12-18(26)13-11-17/h3-4,7-8,10-13,22-23H,2,5-6,9,14-16H2,1H3/t22-,23-/m0/s1. The van der Waals surface area contributed by atoms with Crippen LogP contribution in [-0.2, 0) is 14.3 Å². The smallest absolute Gasteiger partial charge is 0.323 e. The highest BCUT2D eigenvalue weighted by atomic mass is 19.1. The Hall–Kier alpha value is -3.13. The number of piperidine rings is 1. The van der Waals surface area contributed by atoms with Gasteiger partial charge in [0.2, 0.25) is 0 Å². The number of ether oxygens (including phenoxy) is 1. The summed E-state index contributed by atoms with van der Waals surface area (Å²) in [7, 11) is 0. The second kappa shape index (κ2) is 10.2. The third kappa shape index (κ3) is 5.11. The predicted octanol–water partition coefficient (Wildman–Crippen LogP) is 4.06. The molecule has 4 rings (SSSR count). The topological polar surface area (TPSA) is 62.2 Å². The second-order valence-corrected chi connectivity index (χ2v) is 8.27. The lowest BCUT2D eigenvalue weighted by Gasteiger charge is -2.34. The highest BCUT2D eigenvalue weighted by molar-refractivity contribution is 6.03. The van der Waals surface area contributed by atoms with Crippen molar-refractivity contribution in [2.24, 2.45) is 5.10 Å². The van der Waals surface area contributed by atoms with Gasteiger partial charge >= 0.3 is 5.97 Å². The van der Waals surface area contributed by atoms with Crippen molar-refractivity contribution >= 4 is 17.6 Å². The molecule has 0 spiro atoms. The summed E-state index contributed by atoms with van der Waals surface area (Å²) in [6.07, 6.45) is 2.71. The van der Waals surface area contributed by atoms with Crippen LogP contribution in [0.1, 0.15) is 49.8 Å². The zero-order chi connectivity index (χ0) is 23.4. The highest BCUT2D eigenvalue weighted by Crippen LogP contribution is 2.34. The van der Waals surface area contributed by atoms with E-state index in [1.807, 2.05) is 4.90 Å². The maximum absolute atomic E-state index is 14.7. The number of esters is 1. The molecule has 1 fully saturated rings. The van der Waals surface area contributed by atoms with E-state index in [-0.39, 0.29) is 30.8 Å². The number of hydrogen-bond donors (Lipinski definition) is 0. The molecule has 0 aromatic heterocycles. The van der Waals surface area contributed by atoms with Crippen molar-refractivity contribution in [2.45, 2.75) is 44.7 Å². The first kappa shape index (κ1) is 23.0. The summed E-state index contributed by atoms with van der Waals surface area (Å²) in [5, 5.41) is 5.84. The first-order valence-electron chi connectivity index (χ1n) is 11.3. The molecule has 2 aliphatic rings. The Morgan fingerprint density at radius 2 is 1.85 bits per heavy atom. The van der Waals surface area contributed by atoms with E-state index in [0.29, 0.717) is 36.2 Å². The summed E-state index contributed by atoms with van der Waals surface area (Å²) < 4.78 is 33.3. The molecule has 6 nitrogen and oxygen atoms in total. The third-order valence-electron chi connectivity index (χ3n) is 6.12. The van der Waals surface area contributed by atoms with E-state index >= 15 is 0 Å². The van der Waals surface area contributed by atoms with Crippen molar-refractivity contribution < 1.29 is 23.1 Å². The predicted molar refractivity (Wildman–Crippen MR) is 119 cm³/mol. The SMILES string of the molecule is CCOC(=O)[C@@H]1CCCCN1CC(=O)N1N=C(c2ccc(F)cc2)C[C@H]1c1ccccc1F. The van der Waals surface area contributed by atoms with E-state index < -0.39 is 17.9 Å². The van der Waals surface area contributed by atoms with Crippen LogP contribution < -0.4 is 0 Å². The number of halogens is 2. The molecule has 0 N–H and O–H groups in total. The van der Waals surface area contributed by atoms with Gasteiger partial charge in [-0.05, 0) is 50.1 Å². The van der Waals surface area contributed by atoms with Gasteiger partial charge in [0.25, 0.3) is 5.91 Å². The Morgan fingerprint density at radius 3 is 2.58 bits per heavy atom. The molecule has 2 heterocycles. The summed E-state index contributed by atoms with van der Waals surface area (Å²) in [6, 6.07) is 11.1. The second-order valence-electron chi connectivity index (χ2n) is 8.27. The van der Waals surface area contributed by atoms with Crippen molar-refractivity contribution in [1.82, 2.24) is 9.91 Å². The largest absolute Gasteiger partial charge is 0.465 e. The molecule has 2 aromatic carbocycles. The van der Waals surface area contributed by atoms with Crippen molar-refractivity contribution in [3.05, 3.63) is 71.3 Å².